The molecule has 6 nitrogen and oxygen atoms in total. The number of nitrogens with zero attached hydrogens (tertiary/aromatic N) is 4. The van der Waals surface area contributed by atoms with Gasteiger partial charge in [-0.05, 0) is 74.7 Å². The number of rotatable bonds is 7. The molecule has 36 heavy (non-hydrogen) atoms. The molecule has 2 heterocycles. The molecule has 1 N–H and O–H groups in total. The lowest BCUT2D eigenvalue weighted by atomic mass is 10.0. The number of anilines is 1. The summed E-state index contributed by atoms with van der Waals surface area (Å²) in [6.07, 6.45) is -0.582. The largest absolute Gasteiger partial charge is 0.416 e. The van der Waals surface area contributed by atoms with Crippen LogP contribution in [-0.4, -0.2) is 66.0 Å². The first kappa shape index (κ1) is 26.0. The Morgan fingerprint density at radius 3 is 2.44 bits per heavy atom. The van der Waals surface area contributed by atoms with Crippen LogP contribution >= 0.6 is 0 Å². The summed E-state index contributed by atoms with van der Waals surface area (Å²) in [4.78, 5) is 19.8. The maximum Gasteiger partial charge on any atom is 0.416 e. The number of hydrogen-bond acceptors (Lipinski definition) is 4. The van der Waals surface area contributed by atoms with Gasteiger partial charge in [0.25, 0.3) is 0 Å². The van der Waals surface area contributed by atoms with Crippen LogP contribution in [0.5, 0.6) is 0 Å². The van der Waals surface area contributed by atoms with Gasteiger partial charge in [0.15, 0.2) is 0 Å². The zero-order chi connectivity index (χ0) is 25.5. The van der Waals surface area contributed by atoms with Crippen molar-refractivity contribution in [1.82, 2.24) is 14.7 Å². The van der Waals surface area contributed by atoms with Crippen LogP contribution in [0, 0.1) is 11.3 Å². The summed E-state index contributed by atoms with van der Waals surface area (Å²) in [5, 5.41) is 11.9. The van der Waals surface area contributed by atoms with Gasteiger partial charge in [0.2, 0.25) is 0 Å². The van der Waals surface area contributed by atoms with E-state index in [9.17, 15) is 18.0 Å². The molecule has 0 unspecified atom stereocenters. The van der Waals surface area contributed by atoms with E-state index < -0.39 is 11.7 Å². The van der Waals surface area contributed by atoms with E-state index in [1.807, 2.05) is 23.1 Å². The number of hydrogen-bond donors (Lipinski definition) is 1. The number of alkyl halides is 3. The summed E-state index contributed by atoms with van der Waals surface area (Å²) in [5.74, 6) is 0. The lowest BCUT2D eigenvalue weighted by Crippen LogP contribution is -2.50. The maximum atomic E-state index is 13.3. The van der Waals surface area contributed by atoms with Gasteiger partial charge in [0, 0.05) is 44.5 Å². The highest BCUT2D eigenvalue weighted by molar-refractivity contribution is 5.89. The second kappa shape index (κ2) is 11.8. The number of likely N-dealkylation sites (tertiary alicyclic amines) is 2. The summed E-state index contributed by atoms with van der Waals surface area (Å²) in [6, 6.07) is 14.2. The van der Waals surface area contributed by atoms with Gasteiger partial charge in [-0.25, -0.2) is 4.79 Å². The van der Waals surface area contributed by atoms with Crippen LogP contribution in [-0.2, 0) is 12.7 Å². The Bertz CT molecular complexity index is 1070. The number of nitrogens with one attached hydrogen (secondary N) is 1. The van der Waals surface area contributed by atoms with Crippen LogP contribution in [0.3, 0.4) is 0 Å². The number of carbonyl (C=O) groups is 1. The van der Waals surface area contributed by atoms with Crippen molar-refractivity contribution in [3.05, 3.63) is 65.2 Å². The minimum atomic E-state index is -4.46. The zero-order valence-electron chi connectivity index (χ0n) is 20.3. The molecule has 2 aliphatic rings. The van der Waals surface area contributed by atoms with Crippen molar-refractivity contribution in [3.8, 4) is 6.07 Å². The monoisotopic (exact) mass is 499 g/mol. The molecule has 2 aromatic rings. The molecule has 0 spiro atoms. The van der Waals surface area contributed by atoms with Crippen molar-refractivity contribution < 1.29 is 18.0 Å². The first-order valence-corrected chi connectivity index (χ1v) is 12.5. The Balaban J connectivity index is 1.40. The SMILES string of the molecule is N#Cc1cccc(CN2CCC(N(CCN3CCCC3)C(=O)Nc3cccc(C(F)(F)F)c3)CC2)c1. The molecule has 9 heteroatoms. The Morgan fingerprint density at radius 1 is 1.03 bits per heavy atom. The van der Waals surface area contributed by atoms with Crippen molar-refractivity contribution in [2.24, 2.45) is 0 Å². The fourth-order valence-corrected chi connectivity index (χ4v) is 5.06. The minimum Gasteiger partial charge on any atom is -0.320 e. The summed E-state index contributed by atoms with van der Waals surface area (Å²) in [7, 11) is 0. The Labute approximate surface area is 210 Å². The minimum absolute atomic E-state index is 0.0140. The van der Waals surface area contributed by atoms with E-state index in [4.69, 9.17) is 5.26 Å². The molecular weight excluding hydrogens is 467 g/mol. The fraction of sp³-hybridized carbons (Fsp3) is 0.481. The number of urea groups is 1. The third-order valence-corrected chi connectivity index (χ3v) is 7.02. The number of carbonyl (C=O) groups excluding carboxylic acids is 1. The third kappa shape index (κ3) is 6.99. The van der Waals surface area contributed by atoms with E-state index in [0.717, 1.165) is 82.6 Å². The average molecular weight is 500 g/mol. The molecule has 0 saturated carbocycles. The van der Waals surface area contributed by atoms with Gasteiger partial charge < -0.3 is 15.1 Å². The fourth-order valence-electron chi connectivity index (χ4n) is 5.06. The topological polar surface area (TPSA) is 62.6 Å². The van der Waals surface area contributed by atoms with Crippen LogP contribution in [0.15, 0.2) is 48.5 Å². The van der Waals surface area contributed by atoms with Crippen LogP contribution in [0.25, 0.3) is 0 Å². The lowest BCUT2D eigenvalue weighted by molar-refractivity contribution is -0.137. The van der Waals surface area contributed by atoms with Gasteiger partial charge >= 0.3 is 12.2 Å². The third-order valence-electron chi connectivity index (χ3n) is 7.02. The Kier molecular flexibility index (Phi) is 8.49. The molecule has 2 saturated heterocycles. The second-order valence-electron chi connectivity index (χ2n) is 9.57. The number of nitriles is 1. The van der Waals surface area contributed by atoms with Gasteiger partial charge in [-0.2, -0.15) is 18.4 Å². The van der Waals surface area contributed by atoms with Crippen LogP contribution in [0.4, 0.5) is 23.7 Å². The molecule has 2 aromatic carbocycles. The average Bonchev–Trinajstić information content (AvgIpc) is 3.39. The molecule has 2 aliphatic heterocycles. The highest BCUT2D eigenvalue weighted by atomic mass is 19.4. The summed E-state index contributed by atoms with van der Waals surface area (Å²) in [5.41, 5.74) is 1.09. The van der Waals surface area contributed by atoms with Gasteiger partial charge in [-0.3, -0.25) is 4.90 Å². The second-order valence-corrected chi connectivity index (χ2v) is 9.57. The Morgan fingerprint density at radius 2 is 1.75 bits per heavy atom. The molecular formula is C27H32F3N5O. The summed E-state index contributed by atoms with van der Waals surface area (Å²) in [6.45, 7) is 5.69. The predicted molar refractivity (Wildman–Crippen MR) is 132 cm³/mol. The molecule has 2 fully saturated rings. The lowest BCUT2D eigenvalue weighted by Gasteiger charge is -2.39. The number of benzene rings is 2. The molecule has 4 rings (SSSR count). The standard InChI is InChI=1S/C27H32F3N5O/c28-27(29,30)23-7-4-8-24(18-23)32-26(36)35(16-15-33-11-1-2-12-33)25-9-13-34(14-10-25)20-22-6-3-5-21(17-22)19-31/h3-8,17-18,25H,1-2,9-16,20H2,(H,32,36). The van der Waals surface area contributed by atoms with Crippen molar-refractivity contribution in [3.63, 3.8) is 0 Å². The van der Waals surface area contributed by atoms with E-state index >= 15 is 0 Å². The van der Waals surface area contributed by atoms with Crippen molar-refractivity contribution in [2.75, 3.05) is 44.6 Å². The molecule has 192 valence electrons. The molecule has 2 amide bonds. The van der Waals surface area contributed by atoms with Crippen molar-refractivity contribution in [1.29, 1.82) is 5.26 Å². The maximum absolute atomic E-state index is 13.3. The number of amides is 2. The Hall–Kier alpha value is -3.09. The quantitative estimate of drug-likeness (QED) is 0.571. The van der Waals surface area contributed by atoms with E-state index in [-0.39, 0.29) is 17.8 Å². The van der Waals surface area contributed by atoms with E-state index in [1.54, 1.807) is 6.07 Å². The molecule has 0 aromatic heterocycles. The first-order valence-electron chi connectivity index (χ1n) is 12.5. The smallest absolute Gasteiger partial charge is 0.320 e. The van der Waals surface area contributed by atoms with E-state index in [2.05, 4.69) is 21.2 Å². The van der Waals surface area contributed by atoms with Gasteiger partial charge in [0.1, 0.15) is 0 Å². The highest BCUT2D eigenvalue weighted by Crippen LogP contribution is 2.31. The van der Waals surface area contributed by atoms with E-state index in [1.165, 1.54) is 12.1 Å². The molecule has 0 radical (unpaired) electrons. The van der Waals surface area contributed by atoms with Gasteiger partial charge in [-0.1, -0.05) is 18.2 Å². The highest BCUT2D eigenvalue weighted by Gasteiger charge is 2.32. The van der Waals surface area contributed by atoms with Crippen LogP contribution < -0.4 is 5.32 Å². The van der Waals surface area contributed by atoms with E-state index in [0.29, 0.717) is 12.1 Å². The van der Waals surface area contributed by atoms with Crippen molar-refractivity contribution in [2.45, 2.75) is 44.4 Å². The van der Waals surface area contributed by atoms with Crippen molar-refractivity contribution >= 4 is 11.7 Å². The molecule has 0 bridgehead atoms. The van der Waals surface area contributed by atoms with Crippen LogP contribution in [0.1, 0.15) is 42.4 Å². The van der Waals surface area contributed by atoms with Gasteiger partial charge in [-0.15, -0.1) is 0 Å². The molecule has 0 aliphatic carbocycles. The predicted octanol–water partition coefficient (Wildman–Crippen LogP) is 5.17. The normalized spacial score (nSPS) is 17.6. The van der Waals surface area contributed by atoms with Crippen LogP contribution in [0.2, 0.25) is 0 Å². The summed E-state index contributed by atoms with van der Waals surface area (Å²) < 4.78 is 39.4. The first-order chi connectivity index (χ1) is 17.3. The zero-order valence-corrected chi connectivity index (χ0v) is 20.3. The van der Waals surface area contributed by atoms with Gasteiger partial charge in [0.05, 0.1) is 17.2 Å². The number of halogens is 3. The molecule has 0 atom stereocenters. The number of piperidine rings is 1. The summed E-state index contributed by atoms with van der Waals surface area (Å²) >= 11 is 0.